The van der Waals surface area contributed by atoms with Gasteiger partial charge in [0.2, 0.25) is 15.9 Å². The smallest absolute Gasteiger partial charge is 0.253 e. The molecule has 1 saturated heterocycles. The van der Waals surface area contributed by atoms with Crippen molar-refractivity contribution in [1.29, 1.82) is 0 Å². The highest BCUT2D eigenvalue weighted by Gasteiger charge is 2.48. The van der Waals surface area contributed by atoms with Crippen LogP contribution < -0.4 is 10.6 Å². The van der Waals surface area contributed by atoms with Gasteiger partial charge in [0.25, 0.3) is 5.91 Å². The number of nitrogens with zero attached hydrogens (tertiary/aromatic N) is 2. The summed E-state index contributed by atoms with van der Waals surface area (Å²) in [5, 5.41) is 5.83. The number of aliphatic imine (C=N–C) groups is 1. The molecule has 1 aromatic rings. The monoisotopic (exact) mass is 516 g/mol. The molecule has 2 amide bonds. The molecule has 198 valence electrons. The predicted molar refractivity (Wildman–Crippen MR) is 142 cm³/mol. The quantitative estimate of drug-likeness (QED) is 0.548. The van der Waals surface area contributed by atoms with Gasteiger partial charge in [-0.2, -0.15) is 0 Å². The van der Waals surface area contributed by atoms with E-state index in [1.54, 1.807) is 6.07 Å². The number of carbonyl (C=O) groups is 2. The first-order valence-corrected chi connectivity index (χ1v) is 15.0. The lowest BCUT2D eigenvalue weighted by Gasteiger charge is -2.34. The molecular formula is C27H40N4O4S. The molecule has 0 unspecified atom stereocenters. The first kappa shape index (κ1) is 26.8. The van der Waals surface area contributed by atoms with Crippen LogP contribution in [-0.2, 0) is 26.0 Å². The summed E-state index contributed by atoms with van der Waals surface area (Å²) in [6.07, 6.45) is 8.28. The first-order chi connectivity index (χ1) is 17.1. The van der Waals surface area contributed by atoms with E-state index in [4.69, 9.17) is 4.99 Å². The molecule has 0 radical (unpaired) electrons. The molecule has 1 aliphatic carbocycles. The van der Waals surface area contributed by atoms with Crippen molar-refractivity contribution in [3.8, 4) is 0 Å². The second-order valence-corrected chi connectivity index (χ2v) is 12.9. The molecule has 0 bridgehead atoms. The first-order valence-electron chi connectivity index (χ1n) is 13.4. The van der Waals surface area contributed by atoms with Crippen LogP contribution in [0.5, 0.6) is 0 Å². The minimum Gasteiger partial charge on any atom is -0.326 e. The number of anilines is 1. The summed E-state index contributed by atoms with van der Waals surface area (Å²) in [7, 11) is -3.46. The molecule has 1 saturated carbocycles. The Hall–Kier alpha value is -2.26. The Morgan fingerprint density at radius 1 is 1.25 bits per heavy atom. The fourth-order valence-corrected chi connectivity index (χ4v) is 7.52. The van der Waals surface area contributed by atoms with Crippen LogP contribution in [-0.4, -0.2) is 54.8 Å². The van der Waals surface area contributed by atoms with Gasteiger partial charge in [-0.05, 0) is 68.2 Å². The fourth-order valence-electron chi connectivity index (χ4n) is 6.04. The third kappa shape index (κ3) is 5.99. The average molecular weight is 517 g/mol. The largest absolute Gasteiger partial charge is 0.326 e. The van der Waals surface area contributed by atoms with Crippen molar-refractivity contribution in [1.82, 2.24) is 9.62 Å². The Morgan fingerprint density at radius 3 is 2.67 bits per heavy atom. The van der Waals surface area contributed by atoms with E-state index >= 15 is 0 Å². The van der Waals surface area contributed by atoms with Crippen molar-refractivity contribution in [2.75, 3.05) is 24.2 Å². The van der Waals surface area contributed by atoms with Crippen LogP contribution in [0.15, 0.2) is 23.2 Å². The van der Waals surface area contributed by atoms with Crippen molar-refractivity contribution in [2.24, 2.45) is 16.8 Å². The zero-order valence-corrected chi connectivity index (χ0v) is 22.6. The Bertz CT molecular complexity index is 1120. The Balaban J connectivity index is 1.35. The van der Waals surface area contributed by atoms with E-state index in [1.165, 1.54) is 36.9 Å². The van der Waals surface area contributed by atoms with E-state index in [1.807, 2.05) is 19.1 Å². The van der Waals surface area contributed by atoms with E-state index in [-0.39, 0.29) is 17.6 Å². The lowest BCUT2D eigenvalue weighted by molar-refractivity contribution is -0.125. The molecule has 2 fully saturated rings. The van der Waals surface area contributed by atoms with Crippen LogP contribution in [0.4, 0.5) is 5.69 Å². The SMILES string of the molecule is CCC[C@@H]1CCC[C@H](C2=NC3(CCN(S(=O)(=O)CCc4ccc(NC(C)=O)cc4C)CC3)C(=O)N2)C1. The molecular weight excluding hydrogens is 476 g/mol. The summed E-state index contributed by atoms with van der Waals surface area (Å²) in [6, 6.07) is 5.53. The average Bonchev–Trinajstić information content (AvgIpc) is 3.14. The van der Waals surface area contributed by atoms with Crippen molar-refractivity contribution in [3.05, 3.63) is 29.3 Å². The molecule has 8 nitrogen and oxygen atoms in total. The van der Waals surface area contributed by atoms with Gasteiger partial charge >= 0.3 is 0 Å². The van der Waals surface area contributed by atoms with Crippen LogP contribution in [0.1, 0.15) is 76.3 Å². The Morgan fingerprint density at radius 2 is 2.00 bits per heavy atom. The third-order valence-electron chi connectivity index (χ3n) is 8.10. The highest BCUT2D eigenvalue weighted by molar-refractivity contribution is 7.89. The van der Waals surface area contributed by atoms with Crippen molar-refractivity contribution >= 4 is 33.4 Å². The standard InChI is InChI=1S/C27H40N4O4S/c1-4-6-21-7-5-8-23(18-21)25-29-26(33)27(30-25)12-14-31(15-13-27)36(34,35)16-11-22-9-10-24(17-19(22)2)28-20(3)32/h9-10,17,21,23H,4-8,11-16,18H2,1-3H3,(H,28,32)(H,29,30,33)/t21-,23+/m1/s1. The zero-order valence-electron chi connectivity index (χ0n) is 21.8. The maximum Gasteiger partial charge on any atom is 0.253 e. The van der Waals surface area contributed by atoms with Gasteiger partial charge in [-0.15, -0.1) is 0 Å². The second kappa shape index (κ2) is 11.0. The number of sulfonamides is 1. The summed E-state index contributed by atoms with van der Waals surface area (Å²) in [6.45, 7) is 6.23. The summed E-state index contributed by atoms with van der Waals surface area (Å²) in [5.41, 5.74) is 1.79. The van der Waals surface area contributed by atoms with Gasteiger partial charge in [-0.25, -0.2) is 12.7 Å². The normalized spacial score (nSPS) is 24.4. The topological polar surface area (TPSA) is 108 Å². The maximum atomic E-state index is 13.1. The molecule has 0 aromatic heterocycles. The number of hydrogen-bond donors (Lipinski definition) is 2. The number of piperidine rings is 1. The van der Waals surface area contributed by atoms with Gasteiger partial charge in [0.15, 0.2) is 0 Å². The van der Waals surface area contributed by atoms with Gasteiger partial charge in [-0.1, -0.05) is 38.7 Å². The van der Waals surface area contributed by atoms with Crippen molar-refractivity contribution in [3.63, 3.8) is 0 Å². The van der Waals surface area contributed by atoms with Crippen LogP contribution in [0.3, 0.4) is 0 Å². The minimum absolute atomic E-state index is 0.0158. The molecule has 2 N–H and O–H groups in total. The number of hydrogen-bond acceptors (Lipinski definition) is 5. The lowest BCUT2D eigenvalue weighted by atomic mass is 9.79. The van der Waals surface area contributed by atoms with Crippen LogP contribution in [0.2, 0.25) is 0 Å². The number of benzene rings is 1. The lowest BCUT2D eigenvalue weighted by Crippen LogP contribution is -2.51. The van der Waals surface area contributed by atoms with Crippen molar-refractivity contribution in [2.45, 2.75) is 84.1 Å². The summed E-state index contributed by atoms with van der Waals surface area (Å²) < 4.78 is 27.7. The summed E-state index contributed by atoms with van der Waals surface area (Å²) >= 11 is 0. The Kier molecular flexibility index (Phi) is 8.19. The molecule has 1 spiro atoms. The van der Waals surface area contributed by atoms with Gasteiger partial charge in [0.1, 0.15) is 11.4 Å². The highest BCUT2D eigenvalue weighted by Crippen LogP contribution is 2.37. The van der Waals surface area contributed by atoms with E-state index in [2.05, 4.69) is 17.6 Å². The van der Waals surface area contributed by atoms with Gasteiger partial charge in [0.05, 0.1) is 5.75 Å². The second-order valence-electron chi connectivity index (χ2n) is 10.8. The van der Waals surface area contributed by atoms with E-state index < -0.39 is 15.6 Å². The van der Waals surface area contributed by atoms with Crippen LogP contribution in [0.25, 0.3) is 0 Å². The van der Waals surface area contributed by atoms with Gasteiger partial charge < -0.3 is 10.6 Å². The van der Waals surface area contributed by atoms with Crippen LogP contribution >= 0.6 is 0 Å². The number of amides is 2. The highest BCUT2D eigenvalue weighted by atomic mass is 32.2. The van der Waals surface area contributed by atoms with Gasteiger partial charge in [0, 0.05) is 31.6 Å². The summed E-state index contributed by atoms with van der Waals surface area (Å²) in [4.78, 5) is 29.2. The number of nitrogens with one attached hydrogen (secondary N) is 2. The number of rotatable bonds is 8. The van der Waals surface area contributed by atoms with E-state index in [0.717, 1.165) is 29.8 Å². The molecule has 2 atom stereocenters. The van der Waals surface area contributed by atoms with Crippen molar-refractivity contribution < 1.29 is 18.0 Å². The fraction of sp³-hybridized carbons (Fsp3) is 0.667. The summed E-state index contributed by atoms with van der Waals surface area (Å²) in [5.74, 6) is 1.70. The van der Waals surface area contributed by atoms with Crippen LogP contribution in [0, 0.1) is 18.8 Å². The Labute approximate surface area is 215 Å². The number of amidine groups is 1. The molecule has 2 aliphatic heterocycles. The number of aryl methyl sites for hydroxylation is 2. The van der Waals surface area contributed by atoms with Gasteiger partial charge in [-0.3, -0.25) is 14.6 Å². The van der Waals surface area contributed by atoms with E-state index in [9.17, 15) is 18.0 Å². The molecule has 9 heteroatoms. The third-order valence-corrected chi connectivity index (χ3v) is 9.97. The number of carbonyl (C=O) groups excluding carboxylic acids is 2. The van der Waals surface area contributed by atoms with E-state index in [0.29, 0.717) is 49.9 Å². The maximum absolute atomic E-state index is 13.1. The molecule has 36 heavy (non-hydrogen) atoms. The predicted octanol–water partition coefficient (Wildman–Crippen LogP) is 3.80. The minimum atomic E-state index is -3.46. The zero-order chi connectivity index (χ0) is 25.9. The molecule has 3 aliphatic rings. The molecule has 2 heterocycles. The molecule has 1 aromatic carbocycles. The molecule has 4 rings (SSSR count).